The summed E-state index contributed by atoms with van der Waals surface area (Å²) in [6, 6.07) is 12.7. The van der Waals surface area contributed by atoms with E-state index in [2.05, 4.69) is 57.4 Å². The normalized spacial score (nSPS) is 19.5. The SMILES string of the molecule is c1ccc(-c2cnc3n2CCNC32CCN(Cc3ccoc3)CC2)cc1. The average Bonchev–Trinajstić information content (AvgIpc) is 3.35. The molecule has 4 heterocycles. The van der Waals surface area contributed by atoms with E-state index in [0.29, 0.717) is 0 Å². The summed E-state index contributed by atoms with van der Waals surface area (Å²) in [4.78, 5) is 7.39. The number of fused-ring (bicyclic) bond motifs is 2. The first-order valence-electron chi connectivity index (χ1n) is 9.44. The van der Waals surface area contributed by atoms with Gasteiger partial charge in [0.05, 0.1) is 30.0 Å². The third-order valence-electron chi connectivity index (χ3n) is 5.85. The van der Waals surface area contributed by atoms with Crippen LogP contribution < -0.4 is 5.32 Å². The molecule has 5 heteroatoms. The highest BCUT2D eigenvalue weighted by Crippen LogP contribution is 2.37. The number of hydrogen-bond acceptors (Lipinski definition) is 4. The maximum Gasteiger partial charge on any atom is 0.129 e. The molecular formula is C21H24N4O. The second kappa shape index (κ2) is 6.41. The fourth-order valence-electron chi connectivity index (χ4n) is 4.44. The summed E-state index contributed by atoms with van der Waals surface area (Å²) < 4.78 is 7.63. The molecule has 0 saturated carbocycles. The Balaban J connectivity index is 1.38. The first-order chi connectivity index (χ1) is 12.8. The van der Waals surface area contributed by atoms with Gasteiger partial charge in [0, 0.05) is 38.3 Å². The van der Waals surface area contributed by atoms with Gasteiger partial charge >= 0.3 is 0 Å². The largest absolute Gasteiger partial charge is 0.472 e. The van der Waals surface area contributed by atoms with Gasteiger partial charge in [0.1, 0.15) is 5.82 Å². The van der Waals surface area contributed by atoms with Gasteiger partial charge in [0.2, 0.25) is 0 Å². The van der Waals surface area contributed by atoms with Crippen LogP contribution >= 0.6 is 0 Å². The highest BCUT2D eigenvalue weighted by atomic mass is 16.3. The maximum absolute atomic E-state index is 5.20. The molecule has 3 aromatic rings. The summed E-state index contributed by atoms with van der Waals surface area (Å²) in [7, 11) is 0. The Kier molecular flexibility index (Phi) is 3.91. The molecule has 1 spiro atoms. The number of benzene rings is 1. The van der Waals surface area contributed by atoms with Crippen LogP contribution in [0.2, 0.25) is 0 Å². The summed E-state index contributed by atoms with van der Waals surface area (Å²) in [6.07, 6.45) is 7.84. The highest BCUT2D eigenvalue weighted by Gasteiger charge is 2.41. The Morgan fingerprint density at radius 2 is 1.92 bits per heavy atom. The number of imidazole rings is 1. The van der Waals surface area contributed by atoms with Crippen LogP contribution in [0.25, 0.3) is 11.3 Å². The molecule has 0 aliphatic carbocycles. The van der Waals surface area contributed by atoms with Crippen LogP contribution in [-0.2, 0) is 18.6 Å². The van der Waals surface area contributed by atoms with Crippen LogP contribution in [-0.4, -0.2) is 34.1 Å². The third-order valence-corrected chi connectivity index (χ3v) is 5.85. The van der Waals surface area contributed by atoms with Gasteiger partial charge < -0.3 is 14.3 Å². The molecule has 0 bridgehead atoms. The van der Waals surface area contributed by atoms with Crippen molar-refractivity contribution in [2.45, 2.75) is 31.5 Å². The van der Waals surface area contributed by atoms with Crippen molar-refractivity contribution >= 4 is 0 Å². The summed E-state index contributed by atoms with van der Waals surface area (Å²) >= 11 is 0. The van der Waals surface area contributed by atoms with Crippen molar-refractivity contribution in [2.24, 2.45) is 0 Å². The highest BCUT2D eigenvalue weighted by molar-refractivity contribution is 5.59. The van der Waals surface area contributed by atoms with Gasteiger partial charge in [0.15, 0.2) is 0 Å². The number of likely N-dealkylation sites (tertiary alicyclic amines) is 1. The molecule has 1 fully saturated rings. The van der Waals surface area contributed by atoms with E-state index in [1.54, 1.807) is 6.26 Å². The van der Waals surface area contributed by atoms with E-state index in [1.807, 2.05) is 6.26 Å². The molecule has 0 unspecified atom stereocenters. The van der Waals surface area contributed by atoms with Gasteiger partial charge in [-0.1, -0.05) is 30.3 Å². The third kappa shape index (κ3) is 2.68. The minimum Gasteiger partial charge on any atom is -0.472 e. The number of furan rings is 1. The monoisotopic (exact) mass is 348 g/mol. The molecule has 1 N–H and O–H groups in total. The van der Waals surface area contributed by atoms with Crippen LogP contribution in [0.1, 0.15) is 24.2 Å². The van der Waals surface area contributed by atoms with Gasteiger partial charge in [-0.15, -0.1) is 0 Å². The van der Waals surface area contributed by atoms with Gasteiger partial charge in [-0.05, 0) is 24.5 Å². The lowest BCUT2D eigenvalue weighted by molar-refractivity contribution is 0.109. The van der Waals surface area contributed by atoms with Gasteiger partial charge in [-0.2, -0.15) is 0 Å². The fraction of sp³-hybridized carbons (Fsp3) is 0.381. The maximum atomic E-state index is 5.20. The van der Waals surface area contributed by atoms with E-state index in [9.17, 15) is 0 Å². The lowest BCUT2D eigenvalue weighted by Gasteiger charge is -2.44. The first-order valence-corrected chi connectivity index (χ1v) is 9.44. The van der Waals surface area contributed by atoms with Gasteiger partial charge in [0.25, 0.3) is 0 Å². The smallest absolute Gasteiger partial charge is 0.129 e. The summed E-state index contributed by atoms with van der Waals surface area (Å²) in [5.41, 5.74) is 3.76. The van der Waals surface area contributed by atoms with Crippen LogP contribution in [0.5, 0.6) is 0 Å². The Bertz CT molecular complexity index is 861. The Morgan fingerprint density at radius 3 is 2.69 bits per heavy atom. The number of piperidine rings is 1. The molecule has 2 aliphatic heterocycles. The number of nitrogens with one attached hydrogen (secondary N) is 1. The van der Waals surface area contributed by atoms with Crippen molar-refractivity contribution in [3.63, 3.8) is 0 Å². The Labute approximate surface area is 153 Å². The van der Waals surface area contributed by atoms with Crippen molar-refractivity contribution in [1.82, 2.24) is 19.8 Å². The molecule has 2 aromatic heterocycles. The number of hydrogen-bond donors (Lipinski definition) is 1. The van der Waals surface area contributed by atoms with E-state index in [4.69, 9.17) is 9.40 Å². The van der Waals surface area contributed by atoms with E-state index >= 15 is 0 Å². The van der Waals surface area contributed by atoms with E-state index in [1.165, 1.54) is 22.6 Å². The zero-order chi connectivity index (χ0) is 17.4. The van der Waals surface area contributed by atoms with Crippen LogP contribution in [0, 0.1) is 0 Å². The van der Waals surface area contributed by atoms with E-state index in [-0.39, 0.29) is 5.54 Å². The van der Waals surface area contributed by atoms with E-state index in [0.717, 1.165) is 45.6 Å². The first kappa shape index (κ1) is 15.9. The van der Waals surface area contributed by atoms with Gasteiger partial charge in [-0.25, -0.2) is 4.98 Å². The predicted molar refractivity (Wildman–Crippen MR) is 101 cm³/mol. The van der Waals surface area contributed by atoms with Crippen molar-refractivity contribution < 1.29 is 4.42 Å². The second-order valence-corrected chi connectivity index (χ2v) is 7.40. The molecule has 26 heavy (non-hydrogen) atoms. The molecule has 0 radical (unpaired) electrons. The summed E-state index contributed by atoms with van der Waals surface area (Å²) in [5.74, 6) is 1.21. The lowest BCUT2D eigenvalue weighted by Crippen LogP contribution is -2.55. The molecule has 1 aromatic carbocycles. The minimum atomic E-state index is 0.0121. The topological polar surface area (TPSA) is 46.2 Å². The number of aromatic nitrogens is 2. The molecule has 134 valence electrons. The molecule has 1 saturated heterocycles. The zero-order valence-corrected chi connectivity index (χ0v) is 14.9. The Morgan fingerprint density at radius 1 is 1.08 bits per heavy atom. The molecule has 2 aliphatic rings. The molecular weight excluding hydrogens is 324 g/mol. The quantitative estimate of drug-likeness (QED) is 0.789. The Hall–Kier alpha value is -2.37. The van der Waals surface area contributed by atoms with Crippen molar-refractivity contribution in [2.75, 3.05) is 19.6 Å². The molecule has 5 nitrogen and oxygen atoms in total. The van der Waals surface area contributed by atoms with E-state index < -0.39 is 0 Å². The lowest BCUT2D eigenvalue weighted by atomic mass is 9.85. The zero-order valence-electron chi connectivity index (χ0n) is 14.9. The van der Waals surface area contributed by atoms with Crippen molar-refractivity contribution in [1.29, 1.82) is 0 Å². The minimum absolute atomic E-state index is 0.0121. The van der Waals surface area contributed by atoms with Crippen LogP contribution in [0.4, 0.5) is 0 Å². The standard InChI is InChI=1S/C21H24N4O/c1-2-4-18(5-3-1)19-14-22-20-21(23-9-12-25(19)20)7-10-24(11-8-21)15-17-6-13-26-16-17/h1-6,13-14,16,23H,7-12,15H2. The molecule has 0 atom stereocenters. The predicted octanol–water partition coefficient (Wildman–Crippen LogP) is 3.24. The van der Waals surface area contributed by atoms with Crippen LogP contribution in [0.15, 0.2) is 59.5 Å². The number of rotatable bonds is 3. The number of nitrogens with zero attached hydrogens (tertiary/aromatic N) is 3. The summed E-state index contributed by atoms with van der Waals surface area (Å²) in [5, 5.41) is 3.81. The van der Waals surface area contributed by atoms with Crippen molar-refractivity contribution in [3.05, 3.63) is 66.5 Å². The molecule has 0 amide bonds. The van der Waals surface area contributed by atoms with Crippen molar-refractivity contribution in [3.8, 4) is 11.3 Å². The fourth-order valence-corrected chi connectivity index (χ4v) is 4.44. The molecule has 5 rings (SSSR count). The summed E-state index contributed by atoms with van der Waals surface area (Å²) in [6.45, 7) is 5.11. The second-order valence-electron chi connectivity index (χ2n) is 7.40. The van der Waals surface area contributed by atoms with Gasteiger partial charge in [-0.3, -0.25) is 4.90 Å². The average molecular weight is 348 g/mol. The van der Waals surface area contributed by atoms with Crippen LogP contribution in [0.3, 0.4) is 0 Å².